The van der Waals surface area contributed by atoms with Gasteiger partial charge in [0.15, 0.2) is 0 Å². The number of hydrogen-bond donors (Lipinski definition) is 2. The highest BCUT2D eigenvalue weighted by Gasteiger charge is 2.39. The molecule has 15 heavy (non-hydrogen) atoms. The number of rotatable bonds is 4. The largest absolute Gasteiger partial charge is 0.481 e. The predicted molar refractivity (Wildman–Crippen MR) is 54.4 cm³/mol. The van der Waals surface area contributed by atoms with E-state index < -0.39 is 23.8 Å². The Kier molecular flexibility index (Phi) is 3.88. The van der Waals surface area contributed by atoms with Crippen LogP contribution < -0.4 is 0 Å². The zero-order valence-electron chi connectivity index (χ0n) is 8.72. The summed E-state index contributed by atoms with van der Waals surface area (Å²) in [6, 6.07) is 0. The molecule has 1 aliphatic rings. The van der Waals surface area contributed by atoms with E-state index in [-0.39, 0.29) is 5.92 Å². The summed E-state index contributed by atoms with van der Waals surface area (Å²) in [5.74, 6) is -3.72. The van der Waals surface area contributed by atoms with Crippen molar-refractivity contribution < 1.29 is 19.8 Å². The zero-order valence-corrected chi connectivity index (χ0v) is 8.72. The molecule has 0 bridgehead atoms. The van der Waals surface area contributed by atoms with Crippen molar-refractivity contribution in [2.75, 3.05) is 0 Å². The smallest absolute Gasteiger partial charge is 0.311 e. The van der Waals surface area contributed by atoms with E-state index in [1.165, 1.54) is 6.08 Å². The Hall–Kier alpha value is -1.32. The quantitative estimate of drug-likeness (QED) is 0.696. The molecule has 0 aliphatic heterocycles. The number of carboxylic acid groups (broad SMARTS) is 2. The number of carbonyl (C=O) groups is 2. The molecule has 2 N–H and O–H groups in total. The van der Waals surface area contributed by atoms with Crippen LogP contribution in [0.4, 0.5) is 0 Å². The summed E-state index contributed by atoms with van der Waals surface area (Å²) < 4.78 is 0. The van der Waals surface area contributed by atoms with Gasteiger partial charge in [0.1, 0.15) is 0 Å². The minimum atomic E-state index is -1.04. The lowest BCUT2D eigenvalue weighted by Crippen LogP contribution is -2.36. The third kappa shape index (κ3) is 2.58. The minimum absolute atomic E-state index is 0.0430. The highest BCUT2D eigenvalue weighted by Crippen LogP contribution is 2.33. The van der Waals surface area contributed by atoms with Crippen molar-refractivity contribution in [3.63, 3.8) is 0 Å². The maximum atomic E-state index is 11.1. The first-order valence-electron chi connectivity index (χ1n) is 5.20. The summed E-state index contributed by atoms with van der Waals surface area (Å²) >= 11 is 0. The van der Waals surface area contributed by atoms with Gasteiger partial charge in [0.25, 0.3) is 0 Å². The van der Waals surface area contributed by atoms with Crippen LogP contribution in [-0.2, 0) is 9.59 Å². The maximum Gasteiger partial charge on any atom is 0.311 e. The first-order chi connectivity index (χ1) is 7.07. The van der Waals surface area contributed by atoms with Crippen LogP contribution in [0.1, 0.15) is 26.2 Å². The van der Waals surface area contributed by atoms with E-state index in [1.54, 1.807) is 6.08 Å². The van der Waals surface area contributed by atoms with Gasteiger partial charge < -0.3 is 10.2 Å². The van der Waals surface area contributed by atoms with E-state index in [2.05, 4.69) is 0 Å². The standard InChI is InChI=1S/C11H16O4/c1-2-4-7-5-3-6-8(10(12)13)9(7)11(14)15/h3,6-9H,2,4-5H2,1H3,(H,12,13)(H,14,15). The average molecular weight is 212 g/mol. The first kappa shape index (κ1) is 11.8. The van der Waals surface area contributed by atoms with E-state index in [4.69, 9.17) is 10.2 Å². The molecule has 0 amide bonds. The van der Waals surface area contributed by atoms with Gasteiger partial charge in [-0.3, -0.25) is 9.59 Å². The molecule has 0 saturated carbocycles. The lowest BCUT2D eigenvalue weighted by molar-refractivity contribution is -0.154. The van der Waals surface area contributed by atoms with Gasteiger partial charge in [-0.05, 0) is 18.8 Å². The van der Waals surface area contributed by atoms with Crippen LogP contribution in [-0.4, -0.2) is 22.2 Å². The minimum Gasteiger partial charge on any atom is -0.481 e. The molecule has 0 spiro atoms. The fourth-order valence-corrected chi connectivity index (χ4v) is 2.22. The Morgan fingerprint density at radius 1 is 1.33 bits per heavy atom. The fourth-order valence-electron chi connectivity index (χ4n) is 2.22. The van der Waals surface area contributed by atoms with Crippen LogP contribution in [0.5, 0.6) is 0 Å². The zero-order chi connectivity index (χ0) is 11.4. The number of allylic oxidation sites excluding steroid dienone is 1. The molecule has 4 heteroatoms. The van der Waals surface area contributed by atoms with Crippen LogP contribution in [0.2, 0.25) is 0 Å². The summed E-state index contributed by atoms with van der Waals surface area (Å²) in [6.07, 6.45) is 5.63. The molecule has 84 valence electrons. The van der Waals surface area contributed by atoms with Crippen molar-refractivity contribution in [1.82, 2.24) is 0 Å². The summed E-state index contributed by atoms with van der Waals surface area (Å²) in [4.78, 5) is 22.0. The van der Waals surface area contributed by atoms with Gasteiger partial charge >= 0.3 is 11.9 Å². The van der Waals surface area contributed by atoms with E-state index in [1.807, 2.05) is 6.92 Å². The summed E-state index contributed by atoms with van der Waals surface area (Å²) in [7, 11) is 0. The molecule has 3 atom stereocenters. The van der Waals surface area contributed by atoms with Crippen molar-refractivity contribution in [1.29, 1.82) is 0 Å². The Bertz CT molecular complexity index is 282. The molecule has 4 nitrogen and oxygen atoms in total. The molecule has 0 aromatic heterocycles. The molecule has 0 aromatic rings. The average Bonchev–Trinajstić information content (AvgIpc) is 2.17. The van der Waals surface area contributed by atoms with Crippen LogP contribution in [0.15, 0.2) is 12.2 Å². The van der Waals surface area contributed by atoms with Gasteiger partial charge in [-0.15, -0.1) is 0 Å². The summed E-state index contributed by atoms with van der Waals surface area (Å²) in [5.41, 5.74) is 0. The Morgan fingerprint density at radius 3 is 2.47 bits per heavy atom. The SMILES string of the molecule is CCCC1CC=CC(C(=O)O)C1C(=O)O. The molecule has 3 unspecified atom stereocenters. The Balaban J connectivity index is 2.88. The lowest BCUT2D eigenvalue weighted by Gasteiger charge is -2.29. The van der Waals surface area contributed by atoms with Crippen LogP contribution in [0, 0.1) is 17.8 Å². The van der Waals surface area contributed by atoms with E-state index >= 15 is 0 Å². The molecule has 0 heterocycles. The van der Waals surface area contributed by atoms with Crippen molar-refractivity contribution >= 4 is 11.9 Å². The van der Waals surface area contributed by atoms with E-state index in [0.717, 1.165) is 12.8 Å². The van der Waals surface area contributed by atoms with E-state index in [9.17, 15) is 9.59 Å². The summed E-state index contributed by atoms with van der Waals surface area (Å²) in [5, 5.41) is 18.0. The van der Waals surface area contributed by atoms with Gasteiger partial charge in [-0.25, -0.2) is 0 Å². The molecular formula is C11H16O4. The Labute approximate surface area is 88.6 Å². The van der Waals surface area contributed by atoms with E-state index in [0.29, 0.717) is 6.42 Å². The molecule has 1 rings (SSSR count). The fraction of sp³-hybridized carbons (Fsp3) is 0.636. The van der Waals surface area contributed by atoms with Crippen LogP contribution in [0.3, 0.4) is 0 Å². The lowest BCUT2D eigenvalue weighted by atomic mass is 9.74. The van der Waals surface area contributed by atoms with Gasteiger partial charge in [0.05, 0.1) is 11.8 Å². The normalized spacial score (nSPS) is 30.1. The third-order valence-corrected chi connectivity index (χ3v) is 2.91. The second kappa shape index (κ2) is 4.96. The number of carboxylic acids is 2. The third-order valence-electron chi connectivity index (χ3n) is 2.91. The van der Waals surface area contributed by atoms with Crippen molar-refractivity contribution in [3.05, 3.63) is 12.2 Å². The molecule has 0 aromatic carbocycles. The van der Waals surface area contributed by atoms with Gasteiger partial charge in [-0.1, -0.05) is 25.5 Å². The van der Waals surface area contributed by atoms with Crippen molar-refractivity contribution in [2.45, 2.75) is 26.2 Å². The molecule has 0 saturated heterocycles. The highest BCUT2D eigenvalue weighted by atomic mass is 16.4. The molecular weight excluding hydrogens is 196 g/mol. The second-order valence-corrected chi connectivity index (χ2v) is 3.94. The molecule has 1 aliphatic carbocycles. The van der Waals surface area contributed by atoms with Crippen molar-refractivity contribution in [2.24, 2.45) is 17.8 Å². The van der Waals surface area contributed by atoms with Gasteiger partial charge in [0.2, 0.25) is 0 Å². The Morgan fingerprint density at radius 2 is 2.00 bits per heavy atom. The molecule has 0 radical (unpaired) electrons. The number of aliphatic carboxylic acids is 2. The maximum absolute atomic E-state index is 11.1. The predicted octanol–water partition coefficient (Wildman–Crippen LogP) is 1.76. The van der Waals surface area contributed by atoms with Gasteiger partial charge in [-0.2, -0.15) is 0 Å². The van der Waals surface area contributed by atoms with Gasteiger partial charge in [0, 0.05) is 0 Å². The van der Waals surface area contributed by atoms with Crippen LogP contribution >= 0.6 is 0 Å². The highest BCUT2D eigenvalue weighted by molar-refractivity contribution is 5.82. The first-order valence-corrected chi connectivity index (χ1v) is 5.20. The van der Waals surface area contributed by atoms with Crippen molar-refractivity contribution in [3.8, 4) is 0 Å². The molecule has 0 fully saturated rings. The number of hydrogen-bond acceptors (Lipinski definition) is 2. The summed E-state index contributed by atoms with van der Waals surface area (Å²) in [6.45, 7) is 1.98. The second-order valence-electron chi connectivity index (χ2n) is 3.94. The monoisotopic (exact) mass is 212 g/mol. The topological polar surface area (TPSA) is 74.6 Å². The van der Waals surface area contributed by atoms with Crippen LogP contribution in [0.25, 0.3) is 0 Å².